The molecule has 0 spiro atoms. The lowest BCUT2D eigenvalue weighted by molar-refractivity contribution is -0.904. The highest BCUT2D eigenvalue weighted by atomic mass is 16.5. The van der Waals surface area contributed by atoms with Gasteiger partial charge in [0.15, 0.2) is 0 Å². The first-order valence-electron chi connectivity index (χ1n) is 14.9. The Labute approximate surface area is 232 Å². The van der Waals surface area contributed by atoms with E-state index in [9.17, 15) is 0 Å². The Morgan fingerprint density at radius 1 is 0.590 bits per heavy atom. The summed E-state index contributed by atoms with van der Waals surface area (Å²) in [6.45, 7) is 8.70. The van der Waals surface area contributed by atoms with Crippen molar-refractivity contribution in [1.29, 1.82) is 0 Å². The lowest BCUT2D eigenvalue weighted by Crippen LogP contribution is -3.13. The van der Waals surface area contributed by atoms with Gasteiger partial charge in [-0.05, 0) is 98.2 Å². The molecule has 3 aromatic carbocycles. The summed E-state index contributed by atoms with van der Waals surface area (Å²) in [7, 11) is 0. The van der Waals surface area contributed by atoms with Gasteiger partial charge in [0.1, 0.15) is 37.8 Å². The average Bonchev–Trinajstić information content (AvgIpc) is 3.30. The number of benzene rings is 3. The molecular formula is C33H42N4O2+2. The second-order valence-corrected chi connectivity index (χ2v) is 11.2. The van der Waals surface area contributed by atoms with Gasteiger partial charge in [0.05, 0.1) is 37.6 Å². The number of fused-ring (bicyclic) bond motifs is 3. The number of hydrogen-bond acceptors (Lipinski definition) is 4. The van der Waals surface area contributed by atoms with E-state index in [1.54, 1.807) is 9.80 Å². The van der Waals surface area contributed by atoms with Crippen LogP contribution in [0.4, 0.5) is 5.69 Å². The molecule has 1 aliphatic carbocycles. The summed E-state index contributed by atoms with van der Waals surface area (Å²) in [6, 6.07) is 23.0. The molecule has 204 valence electrons. The number of para-hydroxylation sites is 1. The van der Waals surface area contributed by atoms with Gasteiger partial charge in [-0.15, -0.1) is 0 Å². The van der Waals surface area contributed by atoms with Crippen LogP contribution in [0.15, 0.2) is 71.8 Å². The number of quaternary nitrogens is 2. The molecule has 3 N–H and O–H groups in total. The molecular weight excluding hydrogens is 484 g/mol. The molecule has 0 atom stereocenters. The molecule has 2 saturated heterocycles. The molecule has 0 radical (unpaired) electrons. The van der Waals surface area contributed by atoms with Gasteiger partial charge < -0.3 is 19.3 Å². The monoisotopic (exact) mass is 526 g/mol. The number of hydrazone groups is 1. The van der Waals surface area contributed by atoms with Crippen molar-refractivity contribution >= 4 is 11.4 Å². The molecule has 3 aliphatic rings. The third-order valence-electron chi connectivity index (χ3n) is 8.42. The number of piperidine rings is 2. The van der Waals surface area contributed by atoms with Crippen molar-refractivity contribution in [1.82, 2.24) is 0 Å². The van der Waals surface area contributed by atoms with E-state index in [0.717, 1.165) is 60.3 Å². The molecule has 0 bridgehead atoms. The number of hydrogen-bond donors (Lipinski definition) is 3. The van der Waals surface area contributed by atoms with E-state index in [1.807, 2.05) is 30.3 Å². The van der Waals surface area contributed by atoms with Gasteiger partial charge in [-0.2, -0.15) is 5.10 Å². The molecule has 3 aromatic rings. The molecule has 2 heterocycles. The fraction of sp³-hybridized carbons (Fsp3) is 0.424. The van der Waals surface area contributed by atoms with Crippen LogP contribution in [-0.4, -0.2) is 58.2 Å². The summed E-state index contributed by atoms with van der Waals surface area (Å²) in [5.74, 6) is 1.82. The third-order valence-corrected chi connectivity index (χ3v) is 8.42. The molecule has 0 aromatic heterocycles. The van der Waals surface area contributed by atoms with Crippen molar-refractivity contribution < 1.29 is 19.3 Å². The molecule has 39 heavy (non-hydrogen) atoms. The van der Waals surface area contributed by atoms with E-state index >= 15 is 0 Å². The molecule has 6 nitrogen and oxygen atoms in total. The van der Waals surface area contributed by atoms with Crippen molar-refractivity contribution in [3.8, 4) is 22.6 Å². The quantitative estimate of drug-likeness (QED) is 0.278. The predicted octanol–water partition coefficient (Wildman–Crippen LogP) is 3.43. The Balaban J connectivity index is 1.20. The molecule has 0 amide bonds. The van der Waals surface area contributed by atoms with Crippen LogP contribution < -0.4 is 24.7 Å². The minimum absolute atomic E-state index is 0.743. The van der Waals surface area contributed by atoms with Crippen molar-refractivity contribution in [3.05, 3.63) is 77.9 Å². The fourth-order valence-electron chi connectivity index (χ4n) is 6.22. The highest BCUT2D eigenvalue weighted by molar-refractivity contribution is 6.25. The summed E-state index contributed by atoms with van der Waals surface area (Å²) in [5, 5.41) is 4.91. The van der Waals surface area contributed by atoms with Crippen LogP contribution in [-0.2, 0) is 0 Å². The minimum atomic E-state index is 0.743. The van der Waals surface area contributed by atoms with Gasteiger partial charge in [-0.25, -0.2) is 0 Å². The SMILES string of the molecule is c1ccc(NN=C2c3cc(OCC[NH+]4CCCCC4)ccc3-c3ccc(OCC[NH+]4CCCCC4)cc32)cc1. The van der Waals surface area contributed by atoms with Crippen LogP contribution in [0.2, 0.25) is 0 Å². The maximum absolute atomic E-state index is 6.26. The zero-order chi connectivity index (χ0) is 26.3. The van der Waals surface area contributed by atoms with Gasteiger partial charge in [-0.1, -0.05) is 18.2 Å². The molecule has 0 saturated carbocycles. The second kappa shape index (κ2) is 12.7. The second-order valence-electron chi connectivity index (χ2n) is 11.2. The number of likely N-dealkylation sites (tertiary alicyclic amines) is 2. The van der Waals surface area contributed by atoms with Crippen molar-refractivity contribution in [2.75, 3.05) is 57.9 Å². The van der Waals surface area contributed by atoms with Gasteiger partial charge in [-0.3, -0.25) is 5.43 Å². The summed E-state index contributed by atoms with van der Waals surface area (Å²) in [4.78, 5) is 3.33. The van der Waals surface area contributed by atoms with E-state index < -0.39 is 0 Å². The lowest BCUT2D eigenvalue weighted by Gasteiger charge is -2.23. The third kappa shape index (κ3) is 6.45. The first-order valence-corrected chi connectivity index (χ1v) is 14.9. The molecule has 6 heteroatoms. The summed E-state index contributed by atoms with van der Waals surface area (Å²) in [5.41, 5.74) is 9.77. The Kier molecular flexibility index (Phi) is 8.41. The van der Waals surface area contributed by atoms with Crippen molar-refractivity contribution in [2.45, 2.75) is 38.5 Å². The standard InChI is InChI=1S/C33H40N4O2/c1-4-10-26(11-5-1)34-35-33-31-24-27(38-22-20-36-16-6-2-7-17-36)12-14-29(31)30-15-13-28(25-32(30)33)39-23-21-37-18-8-3-9-19-37/h1,4-5,10-15,24-25,34H,2-3,6-9,16-23H2/p+2. The first kappa shape index (κ1) is 25.9. The van der Waals surface area contributed by atoms with Crippen LogP contribution >= 0.6 is 0 Å². The number of rotatable bonds is 10. The Bertz CT molecular complexity index is 1190. The van der Waals surface area contributed by atoms with Crippen molar-refractivity contribution in [2.24, 2.45) is 5.10 Å². The topological polar surface area (TPSA) is 51.7 Å². The Morgan fingerprint density at radius 3 is 1.62 bits per heavy atom. The van der Waals surface area contributed by atoms with E-state index in [4.69, 9.17) is 14.6 Å². The molecule has 6 rings (SSSR count). The average molecular weight is 527 g/mol. The Hall–Kier alpha value is -3.35. The van der Waals surface area contributed by atoms with Crippen LogP contribution in [0.1, 0.15) is 49.7 Å². The van der Waals surface area contributed by atoms with Crippen LogP contribution in [0.25, 0.3) is 11.1 Å². The minimum Gasteiger partial charge on any atom is -0.488 e. The van der Waals surface area contributed by atoms with Crippen LogP contribution in [0.5, 0.6) is 11.5 Å². The fourth-order valence-corrected chi connectivity index (χ4v) is 6.22. The van der Waals surface area contributed by atoms with Crippen LogP contribution in [0, 0.1) is 0 Å². The summed E-state index contributed by atoms with van der Waals surface area (Å²) < 4.78 is 12.5. The van der Waals surface area contributed by atoms with Gasteiger partial charge in [0.2, 0.25) is 0 Å². The van der Waals surface area contributed by atoms with E-state index in [-0.39, 0.29) is 0 Å². The maximum Gasteiger partial charge on any atom is 0.137 e. The van der Waals surface area contributed by atoms with Crippen LogP contribution in [0.3, 0.4) is 0 Å². The molecule has 0 unspecified atom stereocenters. The van der Waals surface area contributed by atoms with E-state index in [2.05, 4.69) is 41.8 Å². The maximum atomic E-state index is 6.26. The van der Waals surface area contributed by atoms with Gasteiger partial charge in [0, 0.05) is 11.1 Å². The lowest BCUT2D eigenvalue weighted by atomic mass is 10.1. The van der Waals surface area contributed by atoms with E-state index in [1.165, 1.54) is 75.8 Å². The highest BCUT2D eigenvalue weighted by Gasteiger charge is 2.27. The zero-order valence-electron chi connectivity index (χ0n) is 23.0. The summed E-state index contributed by atoms with van der Waals surface area (Å²) >= 11 is 0. The Morgan fingerprint density at radius 2 is 1.10 bits per heavy atom. The van der Waals surface area contributed by atoms with Gasteiger partial charge in [0.25, 0.3) is 0 Å². The molecule has 2 fully saturated rings. The predicted molar refractivity (Wildman–Crippen MR) is 157 cm³/mol. The van der Waals surface area contributed by atoms with E-state index in [0.29, 0.717) is 0 Å². The first-order chi connectivity index (χ1) is 19.3. The molecule has 2 aliphatic heterocycles. The largest absolute Gasteiger partial charge is 0.488 e. The normalized spacial score (nSPS) is 17.4. The zero-order valence-corrected chi connectivity index (χ0v) is 23.0. The number of nitrogens with zero attached hydrogens (tertiary/aromatic N) is 1. The summed E-state index contributed by atoms with van der Waals surface area (Å²) in [6.07, 6.45) is 8.11. The smallest absolute Gasteiger partial charge is 0.137 e. The van der Waals surface area contributed by atoms with Crippen molar-refractivity contribution in [3.63, 3.8) is 0 Å². The van der Waals surface area contributed by atoms with Gasteiger partial charge >= 0.3 is 0 Å². The number of anilines is 1. The number of ether oxygens (including phenoxy) is 2. The highest BCUT2D eigenvalue weighted by Crippen LogP contribution is 2.40. The number of nitrogens with one attached hydrogen (secondary N) is 3.